The number of nitrogens with two attached hydrogens (primary N) is 1. The lowest BCUT2D eigenvalue weighted by Crippen LogP contribution is -2.56. The maximum atomic E-state index is 14.6. The first kappa shape index (κ1) is 33.6. The summed E-state index contributed by atoms with van der Waals surface area (Å²) in [5.74, 6) is -3.38. The second-order valence-corrected chi connectivity index (χ2v) is 12.6. The number of halogens is 4. The van der Waals surface area contributed by atoms with E-state index in [1.165, 1.54) is 29.2 Å². The number of rotatable bonds is 9. The molecule has 1 fully saturated rings. The van der Waals surface area contributed by atoms with Crippen molar-refractivity contribution in [3.63, 3.8) is 0 Å². The molecule has 0 aromatic heterocycles. The molecule has 9 nitrogen and oxygen atoms in total. The molecule has 0 saturated carbocycles. The van der Waals surface area contributed by atoms with E-state index >= 15 is 0 Å². The van der Waals surface area contributed by atoms with Crippen LogP contribution in [0.1, 0.15) is 63.5 Å². The van der Waals surface area contributed by atoms with Crippen molar-refractivity contribution in [1.82, 2.24) is 15.1 Å². The molecule has 4 rings (SSSR count). The van der Waals surface area contributed by atoms with Crippen LogP contribution >= 0.6 is 23.2 Å². The van der Waals surface area contributed by atoms with Crippen molar-refractivity contribution < 1.29 is 28.0 Å². The molecule has 2 aliphatic rings. The molecule has 13 heteroatoms. The largest absolute Gasteiger partial charge is 0.342 e. The van der Waals surface area contributed by atoms with Gasteiger partial charge in [0.2, 0.25) is 23.6 Å². The van der Waals surface area contributed by atoms with Crippen molar-refractivity contribution in [2.75, 3.05) is 18.4 Å². The summed E-state index contributed by atoms with van der Waals surface area (Å²) in [6, 6.07) is 4.45. The Kier molecular flexibility index (Phi) is 10.9. The number of fused-ring (bicyclic) bond motifs is 1. The summed E-state index contributed by atoms with van der Waals surface area (Å²) in [6.45, 7) is 4.69. The van der Waals surface area contributed by atoms with Gasteiger partial charge in [0.15, 0.2) is 5.82 Å². The molecule has 2 aromatic rings. The fraction of sp³-hybridized carbons (Fsp3) is 0.484. The van der Waals surface area contributed by atoms with E-state index < -0.39 is 41.4 Å². The maximum Gasteiger partial charge on any atom is 0.247 e. The first-order valence-corrected chi connectivity index (χ1v) is 15.4. The molecular formula is C31H37Cl2F2N5O4. The molecule has 0 aliphatic carbocycles. The number of nitrogens with zero attached hydrogens (tertiary/aromatic N) is 2. The van der Waals surface area contributed by atoms with Gasteiger partial charge in [-0.15, -0.1) is 0 Å². The summed E-state index contributed by atoms with van der Waals surface area (Å²) >= 11 is 11.7. The summed E-state index contributed by atoms with van der Waals surface area (Å²) < 4.78 is 28.7. The second-order valence-electron chi connectivity index (χ2n) is 11.8. The molecule has 1 saturated heterocycles. The molecule has 1 unspecified atom stereocenters. The van der Waals surface area contributed by atoms with Crippen LogP contribution in [0.3, 0.4) is 0 Å². The minimum Gasteiger partial charge on any atom is -0.342 e. The van der Waals surface area contributed by atoms with E-state index in [9.17, 15) is 28.0 Å². The van der Waals surface area contributed by atoms with E-state index in [1.54, 1.807) is 6.07 Å². The summed E-state index contributed by atoms with van der Waals surface area (Å²) in [6.07, 6.45) is 2.68. The van der Waals surface area contributed by atoms with Gasteiger partial charge in [0.1, 0.15) is 17.9 Å². The Hall–Kier alpha value is -3.28. The number of carbonyl (C=O) groups is 4. The first-order chi connectivity index (χ1) is 20.8. The second kappa shape index (κ2) is 14.2. The van der Waals surface area contributed by atoms with Crippen molar-refractivity contribution in [3.05, 3.63) is 63.1 Å². The van der Waals surface area contributed by atoms with Crippen molar-refractivity contribution in [1.29, 1.82) is 0 Å². The van der Waals surface area contributed by atoms with Crippen LogP contribution in [-0.4, -0.2) is 64.1 Å². The van der Waals surface area contributed by atoms with Gasteiger partial charge in [0.25, 0.3) is 0 Å². The molecule has 4 amide bonds. The lowest BCUT2D eigenvalue weighted by Gasteiger charge is -2.42. The fourth-order valence-electron chi connectivity index (χ4n) is 5.81. The third-order valence-corrected chi connectivity index (χ3v) is 9.09. The highest BCUT2D eigenvalue weighted by Gasteiger charge is 2.38. The van der Waals surface area contributed by atoms with Crippen LogP contribution in [0, 0.1) is 11.6 Å². The molecule has 44 heavy (non-hydrogen) atoms. The smallest absolute Gasteiger partial charge is 0.247 e. The Balaban J connectivity index is 1.51. The summed E-state index contributed by atoms with van der Waals surface area (Å²) in [7, 11) is 0. The van der Waals surface area contributed by atoms with Crippen LogP contribution in [0.2, 0.25) is 10.0 Å². The van der Waals surface area contributed by atoms with Gasteiger partial charge in [-0.25, -0.2) is 8.78 Å². The van der Waals surface area contributed by atoms with Crippen LogP contribution in [0.4, 0.5) is 14.5 Å². The van der Waals surface area contributed by atoms with Crippen molar-refractivity contribution in [3.8, 4) is 0 Å². The normalized spacial score (nSPS) is 18.3. The summed E-state index contributed by atoms with van der Waals surface area (Å²) in [5.41, 5.74) is 6.41. The number of piperidine rings is 1. The molecule has 0 bridgehead atoms. The third kappa shape index (κ3) is 7.68. The fourth-order valence-corrected chi connectivity index (χ4v) is 6.12. The monoisotopic (exact) mass is 651 g/mol. The Labute approximate surface area is 265 Å². The van der Waals surface area contributed by atoms with E-state index in [0.29, 0.717) is 17.7 Å². The van der Waals surface area contributed by atoms with E-state index in [0.717, 1.165) is 19.3 Å². The van der Waals surface area contributed by atoms with Crippen LogP contribution in [-0.2, 0) is 32.1 Å². The number of amides is 4. The molecule has 2 atom stereocenters. The number of anilines is 1. The van der Waals surface area contributed by atoms with Crippen LogP contribution in [0.15, 0.2) is 30.3 Å². The van der Waals surface area contributed by atoms with Gasteiger partial charge in [-0.3, -0.25) is 19.2 Å². The van der Waals surface area contributed by atoms with Gasteiger partial charge < -0.3 is 26.2 Å². The number of carbonyl (C=O) groups excluding carboxylic acids is 4. The van der Waals surface area contributed by atoms with Gasteiger partial charge >= 0.3 is 0 Å². The molecule has 0 radical (unpaired) electrons. The van der Waals surface area contributed by atoms with E-state index in [4.69, 9.17) is 28.9 Å². The molecule has 0 spiro atoms. The zero-order valence-electron chi connectivity index (χ0n) is 24.7. The third-order valence-electron chi connectivity index (χ3n) is 8.31. The predicted molar refractivity (Wildman–Crippen MR) is 164 cm³/mol. The Bertz CT molecular complexity index is 1440. The first-order valence-electron chi connectivity index (χ1n) is 14.6. The van der Waals surface area contributed by atoms with Gasteiger partial charge in [0.05, 0.1) is 15.7 Å². The van der Waals surface area contributed by atoms with E-state index in [-0.39, 0.29) is 66.0 Å². The number of hydrogen-bond acceptors (Lipinski definition) is 5. The molecule has 2 heterocycles. The zero-order chi connectivity index (χ0) is 32.2. The molecule has 238 valence electrons. The highest BCUT2D eigenvalue weighted by Crippen LogP contribution is 2.31. The Morgan fingerprint density at radius 3 is 2.48 bits per heavy atom. The minimum atomic E-state index is -1.19. The topological polar surface area (TPSA) is 125 Å². The van der Waals surface area contributed by atoms with Crippen molar-refractivity contribution in [2.24, 2.45) is 5.73 Å². The molecular weight excluding hydrogens is 615 g/mol. The minimum absolute atomic E-state index is 0.00382. The van der Waals surface area contributed by atoms with Gasteiger partial charge in [-0.2, -0.15) is 0 Å². The highest BCUT2D eigenvalue weighted by atomic mass is 35.5. The molecule has 4 N–H and O–H groups in total. The van der Waals surface area contributed by atoms with Crippen LogP contribution < -0.4 is 16.4 Å². The summed E-state index contributed by atoms with van der Waals surface area (Å²) in [4.78, 5) is 56.6. The molecule has 2 aliphatic heterocycles. The van der Waals surface area contributed by atoms with Gasteiger partial charge in [-0.1, -0.05) is 29.3 Å². The standard InChI is InChI=1S/C31H37Cl2F2N5O4/c1-31(2)12-3-4-14-40(31)26(42)10-9-25(41)39-17-18-5-6-20(34)15-19(18)16-24(39)30(44)38-23(11-13-36)29(43)37-22-8-7-21(32)27(33)28(22)35/h5-8,15,23-24H,3-4,9-14,16-17,36H2,1-2H3,(H,37,43)(H,38,44)/t23?,24-/m0/s1. The lowest BCUT2D eigenvalue weighted by atomic mass is 9.90. The van der Waals surface area contributed by atoms with Crippen LogP contribution in [0.25, 0.3) is 0 Å². The average Bonchev–Trinajstić information content (AvgIpc) is 2.98. The predicted octanol–water partition coefficient (Wildman–Crippen LogP) is 4.57. The average molecular weight is 653 g/mol. The highest BCUT2D eigenvalue weighted by molar-refractivity contribution is 6.42. The number of hydrogen-bond donors (Lipinski definition) is 3. The Morgan fingerprint density at radius 2 is 1.77 bits per heavy atom. The van der Waals surface area contributed by atoms with Crippen molar-refractivity contribution >= 4 is 52.5 Å². The number of benzene rings is 2. The number of likely N-dealkylation sites (tertiary alicyclic amines) is 1. The lowest BCUT2D eigenvalue weighted by molar-refractivity contribution is -0.145. The molecule has 2 aromatic carbocycles. The van der Waals surface area contributed by atoms with E-state index in [2.05, 4.69) is 10.6 Å². The Morgan fingerprint density at radius 1 is 1.05 bits per heavy atom. The van der Waals surface area contributed by atoms with Gasteiger partial charge in [0, 0.05) is 37.9 Å². The SMILES string of the molecule is CC1(C)CCCCN1C(=O)CCC(=O)N1Cc2ccc(F)cc2C[C@H]1C(=O)NC(CCN)C(=O)Nc1ccc(Cl)c(Cl)c1F. The quantitative estimate of drug-likeness (QED) is 0.343. The van der Waals surface area contributed by atoms with Crippen molar-refractivity contribution in [2.45, 2.75) is 83.0 Å². The summed E-state index contributed by atoms with van der Waals surface area (Å²) in [5, 5.41) is 4.63. The van der Waals surface area contributed by atoms with Gasteiger partial charge in [-0.05, 0) is 81.5 Å². The zero-order valence-corrected chi connectivity index (χ0v) is 26.2. The van der Waals surface area contributed by atoms with E-state index in [1.807, 2.05) is 18.7 Å². The van der Waals surface area contributed by atoms with Crippen LogP contribution in [0.5, 0.6) is 0 Å². The maximum absolute atomic E-state index is 14.6. The number of nitrogens with one attached hydrogen (secondary N) is 2.